The fourth-order valence-electron chi connectivity index (χ4n) is 4.52. The third-order valence-corrected chi connectivity index (χ3v) is 6.36. The Morgan fingerprint density at radius 2 is 1.83 bits per heavy atom. The lowest BCUT2D eigenvalue weighted by Crippen LogP contribution is -2.33. The van der Waals surface area contributed by atoms with Crippen molar-refractivity contribution in [3.63, 3.8) is 0 Å². The Bertz CT molecular complexity index is 1450. The van der Waals surface area contributed by atoms with Crippen LogP contribution in [0.1, 0.15) is 35.3 Å². The number of carbonyl (C=O) groups excluding carboxylic acids is 2. The number of hydrogen-bond donors (Lipinski definition) is 3. The predicted molar refractivity (Wildman–Crippen MR) is 138 cm³/mol. The zero-order valence-electron chi connectivity index (χ0n) is 20.0. The molecule has 5 rings (SSSR count). The van der Waals surface area contributed by atoms with Crippen LogP contribution in [0.4, 0.5) is 17.1 Å². The number of aliphatic hydroxyl groups is 1. The Morgan fingerprint density at radius 3 is 2.63 bits per heavy atom. The van der Waals surface area contributed by atoms with E-state index in [4.69, 9.17) is 0 Å². The normalized spacial score (nSPS) is 13.3. The summed E-state index contributed by atoms with van der Waals surface area (Å²) in [4.78, 5) is 27.6. The van der Waals surface area contributed by atoms with Crippen LogP contribution in [0.5, 0.6) is 0 Å². The fraction of sp³-hybridized carbons (Fsp3) is 0.214. The van der Waals surface area contributed by atoms with Crippen molar-refractivity contribution in [2.75, 3.05) is 17.2 Å². The average molecular weight is 469 g/mol. The number of nitrogens with zero attached hydrogens (tertiary/aromatic N) is 2. The van der Waals surface area contributed by atoms with Crippen molar-refractivity contribution in [2.24, 2.45) is 7.05 Å². The van der Waals surface area contributed by atoms with Gasteiger partial charge in [0.25, 0.3) is 5.91 Å². The predicted octanol–water partition coefficient (Wildman–Crippen LogP) is 4.74. The first-order valence-electron chi connectivity index (χ1n) is 11.5. The summed E-state index contributed by atoms with van der Waals surface area (Å²) in [6, 6.07) is 21.0. The van der Waals surface area contributed by atoms with Gasteiger partial charge in [-0.1, -0.05) is 24.3 Å². The molecule has 2 heterocycles. The molecule has 7 heteroatoms. The van der Waals surface area contributed by atoms with Crippen LogP contribution in [0.25, 0.3) is 10.9 Å². The minimum atomic E-state index is -1.01. The Kier molecular flexibility index (Phi) is 5.57. The van der Waals surface area contributed by atoms with E-state index in [0.29, 0.717) is 23.4 Å². The van der Waals surface area contributed by atoms with Crippen molar-refractivity contribution < 1.29 is 14.7 Å². The number of amides is 2. The number of fused-ring (bicyclic) bond motifs is 2. The number of rotatable bonds is 6. The monoisotopic (exact) mass is 468 g/mol. The van der Waals surface area contributed by atoms with Gasteiger partial charge in [0.15, 0.2) is 0 Å². The molecule has 0 fully saturated rings. The molecule has 3 N–H and O–H groups in total. The second-order valence-corrected chi connectivity index (χ2v) is 9.51. The lowest BCUT2D eigenvalue weighted by Gasteiger charge is -2.19. The number of benzene rings is 3. The Morgan fingerprint density at radius 1 is 1.03 bits per heavy atom. The molecule has 3 aromatic carbocycles. The third kappa shape index (κ3) is 4.50. The summed E-state index contributed by atoms with van der Waals surface area (Å²) in [5.74, 6) is -0.465. The molecular formula is C28H28N4O3. The molecular weight excluding hydrogens is 440 g/mol. The molecule has 0 bridgehead atoms. The van der Waals surface area contributed by atoms with Crippen LogP contribution in [0.2, 0.25) is 0 Å². The van der Waals surface area contributed by atoms with Crippen molar-refractivity contribution in [1.29, 1.82) is 0 Å². The molecule has 0 atom stereocenters. The van der Waals surface area contributed by atoms with E-state index >= 15 is 0 Å². The number of aryl methyl sites for hydroxylation is 1. The molecule has 0 unspecified atom stereocenters. The van der Waals surface area contributed by atoms with Crippen molar-refractivity contribution in [3.8, 4) is 0 Å². The van der Waals surface area contributed by atoms with E-state index in [1.807, 2.05) is 43.6 Å². The molecule has 2 amide bonds. The molecule has 1 aliphatic rings. The van der Waals surface area contributed by atoms with Crippen molar-refractivity contribution in [3.05, 3.63) is 89.6 Å². The van der Waals surface area contributed by atoms with Gasteiger partial charge in [0.05, 0.1) is 16.9 Å². The molecule has 1 aliphatic heterocycles. The van der Waals surface area contributed by atoms with Crippen LogP contribution in [0.15, 0.2) is 72.9 Å². The SMILES string of the molecule is Cn1ccc2cc(Nc3cccc4c3C(=O)N(CC(=O)Nc3cccc(C(C)(C)O)c3)C4)ccc21. The topological polar surface area (TPSA) is 86.6 Å². The second-order valence-electron chi connectivity index (χ2n) is 9.51. The molecule has 35 heavy (non-hydrogen) atoms. The summed E-state index contributed by atoms with van der Waals surface area (Å²) in [7, 11) is 2.01. The Hall–Kier alpha value is -4.10. The van der Waals surface area contributed by atoms with Crippen LogP contribution < -0.4 is 10.6 Å². The molecule has 0 spiro atoms. The van der Waals surface area contributed by atoms with Gasteiger partial charge in [-0.25, -0.2) is 0 Å². The zero-order chi connectivity index (χ0) is 24.7. The van der Waals surface area contributed by atoms with Crippen LogP contribution in [0, 0.1) is 0 Å². The summed E-state index contributed by atoms with van der Waals surface area (Å²) in [6.07, 6.45) is 2.02. The standard InChI is InChI=1S/C28H28N4O3/c1-28(2,35)20-7-5-8-21(15-20)30-25(33)17-32-16-19-6-4-9-23(26(19)27(32)34)29-22-10-11-24-18(14-22)12-13-31(24)3/h4-15,29,35H,16-17H2,1-3H3,(H,30,33). The summed E-state index contributed by atoms with van der Waals surface area (Å²) >= 11 is 0. The van der Waals surface area contributed by atoms with E-state index in [2.05, 4.69) is 27.3 Å². The quantitative estimate of drug-likeness (QED) is 0.381. The average Bonchev–Trinajstić information content (AvgIpc) is 3.33. The second kappa shape index (κ2) is 8.60. The van der Waals surface area contributed by atoms with Gasteiger partial charge in [-0.3, -0.25) is 9.59 Å². The summed E-state index contributed by atoms with van der Waals surface area (Å²) < 4.78 is 2.06. The van der Waals surface area contributed by atoms with Crippen molar-refractivity contribution in [2.45, 2.75) is 26.0 Å². The fourth-order valence-corrected chi connectivity index (χ4v) is 4.52. The first-order valence-corrected chi connectivity index (χ1v) is 11.5. The van der Waals surface area contributed by atoms with Crippen LogP contribution in [-0.2, 0) is 24.0 Å². The molecule has 0 saturated carbocycles. The van der Waals surface area contributed by atoms with Gasteiger partial charge >= 0.3 is 0 Å². The van der Waals surface area contributed by atoms with E-state index < -0.39 is 5.60 Å². The van der Waals surface area contributed by atoms with E-state index in [0.717, 1.165) is 27.8 Å². The van der Waals surface area contributed by atoms with Crippen LogP contribution in [0.3, 0.4) is 0 Å². The molecule has 178 valence electrons. The first-order chi connectivity index (χ1) is 16.7. The largest absolute Gasteiger partial charge is 0.386 e. The maximum absolute atomic E-state index is 13.3. The Labute approximate surface area is 204 Å². The number of hydrogen-bond acceptors (Lipinski definition) is 4. The molecule has 0 aliphatic carbocycles. The lowest BCUT2D eigenvalue weighted by molar-refractivity contribution is -0.116. The number of anilines is 3. The van der Waals surface area contributed by atoms with E-state index in [1.165, 1.54) is 0 Å². The highest BCUT2D eigenvalue weighted by molar-refractivity contribution is 6.06. The van der Waals surface area contributed by atoms with Gasteiger partial charge in [-0.2, -0.15) is 0 Å². The molecule has 1 aromatic heterocycles. The summed E-state index contributed by atoms with van der Waals surface area (Å²) in [5.41, 5.74) is 4.50. The van der Waals surface area contributed by atoms with Gasteiger partial charge in [0, 0.05) is 42.1 Å². The highest BCUT2D eigenvalue weighted by Gasteiger charge is 2.31. The maximum atomic E-state index is 13.3. The summed E-state index contributed by atoms with van der Waals surface area (Å²) in [5, 5.41) is 17.6. The number of carbonyl (C=O) groups is 2. The highest BCUT2D eigenvalue weighted by atomic mass is 16.3. The summed E-state index contributed by atoms with van der Waals surface area (Å²) in [6.45, 7) is 3.70. The minimum absolute atomic E-state index is 0.0598. The van der Waals surface area contributed by atoms with Crippen LogP contribution >= 0.6 is 0 Å². The third-order valence-electron chi connectivity index (χ3n) is 6.36. The van der Waals surface area contributed by atoms with Gasteiger partial charge in [0.2, 0.25) is 5.91 Å². The van der Waals surface area contributed by atoms with Gasteiger partial charge in [-0.05, 0) is 67.4 Å². The Balaban J connectivity index is 1.30. The van der Waals surface area contributed by atoms with Crippen molar-refractivity contribution in [1.82, 2.24) is 9.47 Å². The molecule has 0 saturated heterocycles. The van der Waals surface area contributed by atoms with E-state index in [1.54, 1.807) is 43.0 Å². The molecule has 0 radical (unpaired) electrons. The van der Waals surface area contributed by atoms with E-state index in [9.17, 15) is 14.7 Å². The maximum Gasteiger partial charge on any atom is 0.257 e. The molecule has 7 nitrogen and oxygen atoms in total. The van der Waals surface area contributed by atoms with Gasteiger partial charge in [-0.15, -0.1) is 0 Å². The zero-order valence-corrected chi connectivity index (χ0v) is 20.0. The molecule has 4 aromatic rings. The lowest BCUT2D eigenvalue weighted by atomic mass is 9.98. The number of nitrogens with one attached hydrogen (secondary N) is 2. The minimum Gasteiger partial charge on any atom is -0.386 e. The van der Waals surface area contributed by atoms with Crippen LogP contribution in [-0.4, -0.2) is 32.9 Å². The first kappa shape index (κ1) is 22.7. The highest BCUT2D eigenvalue weighted by Crippen LogP contribution is 2.32. The van der Waals surface area contributed by atoms with E-state index in [-0.39, 0.29) is 18.4 Å². The van der Waals surface area contributed by atoms with Crippen molar-refractivity contribution >= 4 is 39.8 Å². The number of aromatic nitrogens is 1. The van der Waals surface area contributed by atoms with Gasteiger partial charge in [0.1, 0.15) is 6.54 Å². The smallest absolute Gasteiger partial charge is 0.257 e. The van der Waals surface area contributed by atoms with Gasteiger partial charge < -0.3 is 25.2 Å².